The van der Waals surface area contributed by atoms with Crippen molar-refractivity contribution < 1.29 is 9.47 Å². The predicted octanol–water partition coefficient (Wildman–Crippen LogP) is 3.88. The quantitative estimate of drug-likeness (QED) is 0.417. The molecule has 3 heterocycles. The van der Waals surface area contributed by atoms with E-state index in [9.17, 15) is 9.59 Å². The van der Waals surface area contributed by atoms with Gasteiger partial charge in [-0.05, 0) is 26.0 Å². The molecule has 0 radical (unpaired) electrons. The molecule has 0 spiro atoms. The number of aryl methyl sites for hydroxylation is 2. The molecule has 26 heavy (non-hydrogen) atoms. The van der Waals surface area contributed by atoms with E-state index in [0.29, 0.717) is 56.2 Å². The summed E-state index contributed by atoms with van der Waals surface area (Å²) in [5.74, 6) is 1.90. The number of hydrogen-bond acceptors (Lipinski definition) is 4. The lowest BCUT2D eigenvalue weighted by Gasteiger charge is -2.23. The number of nitrogens with one attached hydrogen (secondary N) is 2. The van der Waals surface area contributed by atoms with Gasteiger partial charge in [-0.25, -0.2) is 0 Å². The van der Waals surface area contributed by atoms with Crippen LogP contribution in [-0.2, 0) is 0 Å². The van der Waals surface area contributed by atoms with Crippen LogP contribution in [0, 0.1) is 13.8 Å². The number of ether oxygens (including phenoxy) is 2. The highest BCUT2D eigenvalue weighted by molar-refractivity contribution is 6.11. The third-order valence-corrected chi connectivity index (χ3v) is 4.52. The monoisotopic (exact) mass is 346 g/mol. The van der Waals surface area contributed by atoms with Crippen LogP contribution in [0.5, 0.6) is 23.0 Å². The summed E-state index contributed by atoms with van der Waals surface area (Å²) >= 11 is 0. The first-order valence-electron chi connectivity index (χ1n) is 8.21. The van der Waals surface area contributed by atoms with Crippen LogP contribution in [-0.4, -0.2) is 9.97 Å². The molecular weight excluding hydrogens is 332 g/mol. The van der Waals surface area contributed by atoms with Gasteiger partial charge in [0.25, 0.3) is 0 Å². The first kappa shape index (κ1) is 14.8. The van der Waals surface area contributed by atoms with Crippen LogP contribution < -0.4 is 20.3 Å². The van der Waals surface area contributed by atoms with Gasteiger partial charge in [0.2, 0.25) is 0 Å². The van der Waals surface area contributed by atoms with Crippen molar-refractivity contribution in [1.29, 1.82) is 0 Å². The molecule has 0 aliphatic carbocycles. The highest BCUT2D eigenvalue weighted by Crippen LogP contribution is 2.50. The van der Waals surface area contributed by atoms with E-state index in [1.54, 1.807) is 26.0 Å². The Balaban J connectivity index is 2.05. The molecule has 1 aliphatic heterocycles. The lowest BCUT2D eigenvalue weighted by atomic mass is 10.0. The van der Waals surface area contributed by atoms with Crippen LogP contribution in [0.2, 0.25) is 0 Å². The molecule has 0 fully saturated rings. The van der Waals surface area contributed by atoms with Crippen molar-refractivity contribution in [2.75, 3.05) is 0 Å². The molecule has 0 saturated heterocycles. The smallest absolute Gasteiger partial charge is 0.196 e. The summed E-state index contributed by atoms with van der Waals surface area (Å²) in [5.41, 5.74) is 1.80. The number of pyridine rings is 2. The van der Waals surface area contributed by atoms with E-state index in [2.05, 4.69) is 9.97 Å². The van der Waals surface area contributed by atoms with Gasteiger partial charge in [-0.1, -0.05) is 12.1 Å². The van der Waals surface area contributed by atoms with Crippen molar-refractivity contribution in [3.63, 3.8) is 0 Å². The molecule has 6 heteroatoms. The maximum Gasteiger partial charge on any atom is 0.196 e. The molecule has 4 aromatic rings. The third kappa shape index (κ3) is 1.92. The van der Waals surface area contributed by atoms with Crippen LogP contribution in [0.1, 0.15) is 11.4 Å². The van der Waals surface area contributed by atoms with Gasteiger partial charge in [-0.2, -0.15) is 0 Å². The molecule has 0 unspecified atom stereocenters. The number of hydrogen-bond donors (Lipinski definition) is 2. The van der Waals surface area contributed by atoms with E-state index < -0.39 is 0 Å². The fourth-order valence-corrected chi connectivity index (χ4v) is 3.47. The Morgan fingerprint density at radius 1 is 0.731 bits per heavy atom. The minimum Gasteiger partial charge on any atom is -0.447 e. The Hall–Kier alpha value is -3.54. The second kappa shape index (κ2) is 4.98. The Labute approximate surface area is 147 Å². The van der Waals surface area contributed by atoms with E-state index in [0.717, 1.165) is 0 Å². The zero-order chi connectivity index (χ0) is 18.0. The van der Waals surface area contributed by atoms with E-state index >= 15 is 0 Å². The normalized spacial score (nSPS) is 12.4. The lowest BCUT2D eigenvalue weighted by molar-refractivity contribution is 0.365. The van der Waals surface area contributed by atoms with Crippen molar-refractivity contribution in [2.24, 2.45) is 0 Å². The largest absolute Gasteiger partial charge is 0.447 e. The molecular formula is C20H14N2O4. The molecule has 1 aliphatic rings. The number of para-hydroxylation sites is 2. The molecule has 2 N–H and O–H groups in total. The number of fused-ring (bicyclic) bond motifs is 7. The second-order valence-corrected chi connectivity index (χ2v) is 6.44. The minimum atomic E-state index is -0.235. The topological polar surface area (TPSA) is 84.2 Å². The predicted molar refractivity (Wildman–Crippen MR) is 98.8 cm³/mol. The van der Waals surface area contributed by atoms with Crippen LogP contribution in [0.3, 0.4) is 0 Å². The molecule has 2 aromatic heterocycles. The van der Waals surface area contributed by atoms with E-state index in [-0.39, 0.29) is 10.9 Å². The van der Waals surface area contributed by atoms with Gasteiger partial charge < -0.3 is 19.4 Å². The van der Waals surface area contributed by atoms with Gasteiger partial charge in [0.05, 0.1) is 21.8 Å². The van der Waals surface area contributed by atoms with Crippen molar-refractivity contribution in [2.45, 2.75) is 13.8 Å². The summed E-state index contributed by atoms with van der Waals surface area (Å²) in [5, 5.41) is 0.599. The van der Waals surface area contributed by atoms with Crippen LogP contribution in [0.15, 0.2) is 46.0 Å². The van der Waals surface area contributed by atoms with Crippen molar-refractivity contribution >= 4 is 21.8 Å². The number of aromatic nitrogens is 2. The van der Waals surface area contributed by atoms with E-state index in [1.165, 1.54) is 12.1 Å². The summed E-state index contributed by atoms with van der Waals surface area (Å²) in [6.07, 6.45) is 0. The highest BCUT2D eigenvalue weighted by atomic mass is 16.6. The molecule has 0 saturated carbocycles. The van der Waals surface area contributed by atoms with Crippen molar-refractivity contribution in [3.05, 3.63) is 68.2 Å². The number of rotatable bonds is 0. The second-order valence-electron chi connectivity index (χ2n) is 6.44. The zero-order valence-electron chi connectivity index (χ0n) is 14.1. The molecule has 128 valence electrons. The van der Waals surface area contributed by atoms with Crippen molar-refractivity contribution in [3.8, 4) is 23.0 Å². The van der Waals surface area contributed by atoms with Crippen LogP contribution in [0.4, 0.5) is 0 Å². The number of benzene rings is 2. The summed E-state index contributed by atoms with van der Waals surface area (Å²) < 4.78 is 12.1. The summed E-state index contributed by atoms with van der Waals surface area (Å²) in [6.45, 7) is 3.57. The van der Waals surface area contributed by atoms with E-state index in [1.807, 2.05) is 12.1 Å². The minimum absolute atomic E-state index is 0.235. The fourth-order valence-electron chi connectivity index (χ4n) is 3.47. The summed E-state index contributed by atoms with van der Waals surface area (Å²) in [6, 6.07) is 10.2. The third-order valence-electron chi connectivity index (χ3n) is 4.52. The fraction of sp³-hybridized carbons (Fsp3) is 0.100. The van der Waals surface area contributed by atoms with Crippen molar-refractivity contribution in [1.82, 2.24) is 9.97 Å². The zero-order valence-corrected chi connectivity index (χ0v) is 14.1. The van der Waals surface area contributed by atoms with Gasteiger partial charge in [-0.15, -0.1) is 0 Å². The van der Waals surface area contributed by atoms with Crippen LogP contribution >= 0.6 is 0 Å². The van der Waals surface area contributed by atoms with Gasteiger partial charge in [-0.3, -0.25) is 9.59 Å². The maximum atomic E-state index is 12.7. The standard InChI is InChI=1S/C20H14N2O4/c1-9-7-11(23)15-16-12(24)8-10(2)22-18(16)20-19(17(15)21-9)25-13-5-3-4-6-14(13)26-20/h3-8H,1-2H3,(H,21,23)(H,22,24). The summed E-state index contributed by atoms with van der Waals surface area (Å²) in [4.78, 5) is 31.8. The van der Waals surface area contributed by atoms with Gasteiger partial charge in [0.15, 0.2) is 33.9 Å². The number of H-pyrrole nitrogens is 2. The average Bonchev–Trinajstić information content (AvgIpc) is 2.60. The lowest BCUT2D eigenvalue weighted by Crippen LogP contribution is -2.13. The Morgan fingerprint density at radius 2 is 1.15 bits per heavy atom. The first-order chi connectivity index (χ1) is 12.5. The SMILES string of the molecule is Cc1cc(=O)c2c([nH]1)c1c(c3[nH]c(C)cc(=O)c32)Oc2ccccc2O1. The average molecular weight is 346 g/mol. The molecule has 5 rings (SSSR count). The molecule has 0 atom stereocenters. The summed E-state index contributed by atoms with van der Waals surface area (Å²) in [7, 11) is 0. The maximum absolute atomic E-state index is 12.7. The van der Waals surface area contributed by atoms with Gasteiger partial charge >= 0.3 is 0 Å². The Kier molecular flexibility index (Phi) is 2.83. The highest BCUT2D eigenvalue weighted by Gasteiger charge is 2.27. The molecule has 0 bridgehead atoms. The Morgan fingerprint density at radius 3 is 1.58 bits per heavy atom. The van der Waals surface area contributed by atoms with E-state index in [4.69, 9.17) is 9.47 Å². The Bertz CT molecular complexity index is 1240. The molecule has 6 nitrogen and oxygen atoms in total. The van der Waals surface area contributed by atoms with Crippen LogP contribution in [0.25, 0.3) is 21.8 Å². The first-order valence-corrected chi connectivity index (χ1v) is 8.21. The van der Waals surface area contributed by atoms with Gasteiger partial charge in [0.1, 0.15) is 0 Å². The molecule has 0 amide bonds. The number of aromatic amines is 2. The van der Waals surface area contributed by atoms with Gasteiger partial charge in [0, 0.05) is 23.5 Å². The molecule has 2 aromatic carbocycles.